The number of hydrogen-bond acceptors (Lipinski definition) is 5. The van der Waals surface area contributed by atoms with Crippen LogP contribution in [0, 0.1) is 6.92 Å². The molecule has 2 aromatic rings. The average molecular weight is 286 g/mol. The van der Waals surface area contributed by atoms with Crippen molar-refractivity contribution in [3.63, 3.8) is 0 Å². The molecular formula is C14H18N6O. The Balaban J connectivity index is 1.67. The molecule has 1 fully saturated rings. The van der Waals surface area contributed by atoms with Crippen LogP contribution in [0.4, 0.5) is 5.95 Å². The number of nitrogens with zero attached hydrogens (tertiary/aromatic N) is 5. The molecule has 7 nitrogen and oxygen atoms in total. The Labute approximate surface area is 123 Å². The minimum atomic E-state index is -0.0427. The number of carbonyl (C=O) groups excluding carboxylic acids is 1. The van der Waals surface area contributed by atoms with Crippen molar-refractivity contribution in [3.8, 4) is 0 Å². The van der Waals surface area contributed by atoms with Gasteiger partial charge in [-0.25, -0.2) is 15.0 Å². The number of aromatic nitrogens is 4. The van der Waals surface area contributed by atoms with Gasteiger partial charge in [-0.05, 0) is 19.4 Å². The number of imidazole rings is 1. The molecule has 0 atom stereocenters. The van der Waals surface area contributed by atoms with Crippen molar-refractivity contribution in [3.05, 3.63) is 36.2 Å². The number of hydrogen-bond donors (Lipinski definition) is 1. The maximum absolute atomic E-state index is 12.4. The van der Waals surface area contributed by atoms with Crippen molar-refractivity contribution >= 4 is 11.9 Å². The number of aryl methyl sites for hydroxylation is 1. The first-order valence-electron chi connectivity index (χ1n) is 7.07. The second-order valence-electron chi connectivity index (χ2n) is 5.10. The van der Waals surface area contributed by atoms with E-state index in [4.69, 9.17) is 0 Å². The quantitative estimate of drug-likeness (QED) is 0.886. The molecule has 2 aromatic heterocycles. The Kier molecular flexibility index (Phi) is 3.81. The summed E-state index contributed by atoms with van der Waals surface area (Å²) < 4.78 is 0. The molecular weight excluding hydrogens is 268 g/mol. The van der Waals surface area contributed by atoms with E-state index in [1.54, 1.807) is 24.7 Å². The van der Waals surface area contributed by atoms with Gasteiger partial charge < -0.3 is 14.8 Å². The SMILES string of the molecule is Cc1cnc(C(=O)N2CCCN(c3ncccn3)CC2)[nH]1. The monoisotopic (exact) mass is 286 g/mol. The van der Waals surface area contributed by atoms with Crippen LogP contribution in [-0.4, -0.2) is 56.9 Å². The molecule has 7 heteroatoms. The zero-order valence-electron chi connectivity index (χ0n) is 12.0. The molecule has 0 aromatic carbocycles. The highest BCUT2D eigenvalue weighted by Gasteiger charge is 2.22. The van der Waals surface area contributed by atoms with Gasteiger partial charge in [0.2, 0.25) is 5.95 Å². The van der Waals surface area contributed by atoms with Gasteiger partial charge in [0.1, 0.15) is 0 Å². The van der Waals surface area contributed by atoms with Crippen molar-refractivity contribution in [2.75, 3.05) is 31.1 Å². The molecule has 21 heavy (non-hydrogen) atoms. The maximum atomic E-state index is 12.4. The molecule has 1 aliphatic heterocycles. The Bertz CT molecular complexity index is 611. The van der Waals surface area contributed by atoms with Gasteiger partial charge in [-0.3, -0.25) is 4.79 Å². The Morgan fingerprint density at radius 3 is 2.67 bits per heavy atom. The van der Waals surface area contributed by atoms with Crippen LogP contribution < -0.4 is 4.90 Å². The fourth-order valence-corrected chi connectivity index (χ4v) is 2.45. The normalized spacial score (nSPS) is 15.9. The number of H-pyrrole nitrogens is 1. The third-order valence-corrected chi connectivity index (χ3v) is 3.52. The lowest BCUT2D eigenvalue weighted by Gasteiger charge is -2.21. The first kappa shape index (κ1) is 13.5. The van der Waals surface area contributed by atoms with Gasteiger partial charge in [-0.2, -0.15) is 0 Å². The molecule has 0 saturated carbocycles. The summed E-state index contributed by atoms with van der Waals surface area (Å²) in [5, 5.41) is 0. The van der Waals surface area contributed by atoms with E-state index in [1.165, 1.54) is 0 Å². The fourth-order valence-electron chi connectivity index (χ4n) is 2.45. The number of nitrogens with one attached hydrogen (secondary N) is 1. The Hall–Kier alpha value is -2.44. The smallest absolute Gasteiger partial charge is 0.289 e. The third kappa shape index (κ3) is 3.01. The summed E-state index contributed by atoms with van der Waals surface area (Å²) in [6.07, 6.45) is 6.04. The van der Waals surface area contributed by atoms with E-state index in [2.05, 4.69) is 24.8 Å². The lowest BCUT2D eigenvalue weighted by Crippen LogP contribution is -2.36. The molecule has 1 amide bonds. The van der Waals surface area contributed by atoms with Gasteiger partial charge in [0, 0.05) is 50.5 Å². The maximum Gasteiger partial charge on any atom is 0.289 e. The summed E-state index contributed by atoms with van der Waals surface area (Å²) in [5.74, 6) is 1.09. The Morgan fingerprint density at radius 1 is 1.14 bits per heavy atom. The minimum Gasteiger partial charge on any atom is -0.339 e. The first-order chi connectivity index (χ1) is 10.2. The van der Waals surface area contributed by atoms with E-state index in [1.807, 2.05) is 11.8 Å². The zero-order chi connectivity index (χ0) is 14.7. The van der Waals surface area contributed by atoms with Crippen LogP contribution in [0.1, 0.15) is 22.7 Å². The first-order valence-corrected chi connectivity index (χ1v) is 7.07. The molecule has 0 radical (unpaired) electrons. The van der Waals surface area contributed by atoms with Crippen LogP contribution in [0.25, 0.3) is 0 Å². The number of carbonyl (C=O) groups is 1. The lowest BCUT2D eigenvalue weighted by atomic mass is 10.3. The summed E-state index contributed by atoms with van der Waals surface area (Å²) >= 11 is 0. The third-order valence-electron chi connectivity index (χ3n) is 3.52. The highest BCUT2D eigenvalue weighted by atomic mass is 16.2. The van der Waals surface area contributed by atoms with E-state index in [-0.39, 0.29) is 5.91 Å². The second kappa shape index (κ2) is 5.90. The van der Waals surface area contributed by atoms with Gasteiger partial charge in [0.15, 0.2) is 5.82 Å². The number of amides is 1. The van der Waals surface area contributed by atoms with Crippen molar-refractivity contribution in [1.82, 2.24) is 24.8 Å². The van der Waals surface area contributed by atoms with E-state index < -0.39 is 0 Å². The van der Waals surface area contributed by atoms with Crippen molar-refractivity contribution in [2.45, 2.75) is 13.3 Å². The highest BCUT2D eigenvalue weighted by molar-refractivity contribution is 5.90. The summed E-state index contributed by atoms with van der Waals surface area (Å²) in [5.41, 5.74) is 0.896. The number of aromatic amines is 1. The van der Waals surface area contributed by atoms with Crippen molar-refractivity contribution in [2.24, 2.45) is 0 Å². The number of rotatable bonds is 2. The Morgan fingerprint density at radius 2 is 1.95 bits per heavy atom. The van der Waals surface area contributed by atoms with E-state index in [9.17, 15) is 4.79 Å². The molecule has 0 bridgehead atoms. The molecule has 1 aliphatic rings. The van der Waals surface area contributed by atoms with Gasteiger partial charge in [-0.1, -0.05) is 0 Å². The molecule has 0 spiro atoms. The summed E-state index contributed by atoms with van der Waals surface area (Å²) in [6.45, 7) is 4.85. The van der Waals surface area contributed by atoms with Crippen LogP contribution in [0.5, 0.6) is 0 Å². The summed E-state index contributed by atoms with van der Waals surface area (Å²) in [7, 11) is 0. The van der Waals surface area contributed by atoms with Crippen molar-refractivity contribution in [1.29, 1.82) is 0 Å². The molecule has 1 saturated heterocycles. The lowest BCUT2D eigenvalue weighted by molar-refractivity contribution is 0.0755. The predicted octanol–water partition coefficient (Wildman–Crippen LogP) is 0.861. The topological polar surface area (TPSA) is 78.0 Å². The summed E-state index contributed by atoms with van der Waals surface area (Å²) in [6, 6.07) is 1.80. The van der Waals surface area contributed by atoms with E-state index in [0.717, 1.165) is 37.7 Å². The van der Waals surface area contributed by atoms with Gasteiger partial charge in [-0.15, -0.1) is 0 Å². The molecule has 0 unspecified atom stereocenters. The van der Waals surface area contributed by atoms with Gasteiger partial charge in [0.25, 0.3) is 5.91 Å². The highest BCUT2D eigenvalue weighted by Crippen LogP contribution is 2.11. The molecule has 1 N–H and O–H groups in total. The molecule has 3 rings (SSSR count). The fraction of sp³-hybridized carbons (Fsp3) is 0.429. The van der Waals surface area contributed by atoms with Crippen LogP contribution >= 0.6 is 0 Å². The van der Waals surface area contributed by atoms with Crippen LogP contribution in [0.3, 0.4) is 0 Å². The average Bonchev–Trinajstić information content (AvgIpc) is 2.81. The van der Waals surface area contributed by atoms with Gasteiger partial charge in [0.05, 0.1) is 0 Å². The largest absolute Gasteiger partial charge is 0.339 e. The molecule has 3 heterocycles. The van der Waals surface area contributed by atoms with Crippen molar-refractivity contribution < 1.29 is 4.79 Å². The second-order valence-corrected chi connectivity index (χ2v) is 5.10. The van der Waals surface area contributed by atoms with E-state index in [0.29, 0.717) is 12.4 Å². The van der Waals surface area contributed by atoms with Crippen LogP contribution in [0.15, 0.2) is 24.7 Å². The summed E-state index contributed by atoms with van der Waals surface area (Å²) in [4.78, 5) is 32.0. The van der Waals surface area contributed by atoms with Gasteiger partial charge >= 0.3 is 0 Å². The molecule has 0 aliphatic carbocycles. The standard InChI is InChI=1S/C14H18N6O/c1-11-10-17-12(18-11)13(21)19-6-3-7-20(9-8-19)14-15-4-2-5-16-14/h2,4-5,10H,3,6-9H2,1H3,(H,17,18). The van der Waals surface area contributed by atoms with Crippen LogP contribution in [0.2, 0.25) is 0 Å². The molecule has 110 valence electrons. The minimum absolute atomic E-state index is 0.0427. The predicted molar refractivity (Wildman–Crippen MR) is 78.1 cm³/mol. The van der Waals surface area contributed by atoms with E-state index >= 15 is 0 Å². The zero-order valence-corrected chi connectivity index (χ0v) is 12.0. The number of anilines is 1. The van der Waals surface area contributed by atoms with Crippen LogP contribution in [-0.2, 0) is 0 Å².